The minimum absolute atomic E-state index is 0.333. The largest absolute Gasteiger partial charge is 0.361 e. The van der Waals surface area contributed by atoms with Gasteiger partial charge in [-0.25, -0.2) is 9.18 Å². The first kappa shape index (κ1) is 17.5. The molecule has 0 aliphatic carbocycles. The third-order valence-electron chi connectivity index (χ3n) is 5.23. The number of carbonyl (C=O) groups excluding carboxylic acids is 1. The number of anilines is 2. The lowest BCUT2D eigenvalue weighted by Crippen LogP contribution is -2.29. The van der Waals surface area contributed by atoms with E-state index in [9.17, 15) is 9.18 Å². The summed E-state index contributed by atoms with van der Waals surface area (Å²) in [7, 11) is 2.16. The number of carbonyl (C=O) groups is 1. The summed E-state index contributed by atoms with van der Waals surface area (Å²) in [5.74, 6) is 0.207. The van der Waals surface area contributed by atoms with Crippen LogP contribution >= 0.6 is 0 Å². The van der Waals surface area contributed by atoms with Gasteiger partial charge in [0, 0.05) is 28.5 Å². The van der Waals surface area contributed by atoms with Crippen molar-refractivity contribution in [2.45, 2.75) is 18.8 Å². The molecule has 1 aromatic heterocycles. The fraction of sp³-hybridized carbons (Fsp3) is 0.286. The van der Waals surface area contributed by atoms with Gasteiger partial charge < -0.3 is 20.5 Å². The Bertz CT molecular complexity index is 942. The van der Waals surface area contributed by atoms with Crippen molar-refractivity contribution in [3.05, 3.63) is 60.0 Å². The summed E-state index contributed by atoms with van der Waals surface area (Å²) in [5.41, 5.74) is 3.67. The average molecular weight is 366 g/mol. The van der Waals surface area contributed by atoms with E-state index in [2.05, 4.69) is 33.8 Å². The summed E-state index contributed by atoms with van der Waals surface area (Å²) in [4.78, 5) is 17.9. The molecule has 1 aliphatic rings. The van der Waals surface area contributed by atoms with Crippen molar-refractivity contribution in [3.63, 3.8) is 0 Å². The normalized spacial score (nSPS) is 15.8. The van der Waals surface area contributed by atoms with Crippen LogP contribution in [0, 0.1) is 5.82 Å². The number of piperidine rings is 1. The summed E-state index contributed by atoms with van der Waals surface area (Å²) >= 11 is 0. The van der Waals surface area contributed by atoms with Gasteiger partial charge in [-0.3, -0.25) is 0 Å². The zero-order valence-electron chi connectivity index (χ0n) is 15.3. The van der Waals surface area contributed by atoms with Crippen molar-refractivity contribution in [1.82, 2.24) is 9.88 Å². The Labute approximate surface area is 157 Å². The van der Waals surface area contributed by atoms with E-state index in [1.807, 2.05) is 18.2 Å². The van der Waals surface area contributed by atoms with E-state index in [1.165, 1.54) is 29.8 Å². The Morgan fingerprint density at radius 2 is 1.74 bits per heavy atom. The molecule has 0 radical (unpaired) electrons. The van der Waals surface area contributed by atoms with Gasteiger partial charge in [0.2, 0.25) is 0 Å². The smallest absolute Gasteiger partial charge is 0.323 e. The second-order valence-electron chi connectivity index (χ2n) is 7.17. The van der Waals surface area contributed by atoms with Gasteiger partial charge in [0.25, 0.3) is 0 Å². The van der Waals surface area contributed by atoms with Crippen LogP contribution in [0.15, 0.2) is 48.7 Å². The molecule has 1 aliphatic heterocycles. The maximum absolute atomic E-state index is 13.0. The molecule has 2 amide bonds. The molecule has 1 fully saturated rings. The van der Waals surface area contributed by atoms with Crippen molar-refractivity contribution >= 4 is 28.3 Å². The monoisotopic (exact) mass is 366 g/mol. The van der Waals surface area contributed by atoms with Crippen LogP contribution < -0.4 is 10.6 Å². The molecule has 0 saturated carbocycles. The highest BCUT2D eigenvalue weighted by Crippen LogP contribution is 2.34. The van der Waals surface area contributed by atoms with Crippen molar-refractivity contribution < 1.29 is 9.18 Å². The Morgan fingerprint density at radius 1 is 1.07 bits per heavy atom. The van der Waals surface area contributed by atoms with Crippen molar-refractivity contribution in [2.24, 2.45) is 0 Å². The zero-order chi connectivity index (χ0) is 18.8. The third-order valence-corrected chi connectivity index (χ3v) is 5.23. The van der Waals surface area contributed by atoms with Gasteiger partial charge in [-0.1, -0.05) is 0 Å². The lowest BCUT2D eigenvalue weighted by Gasteiger charge is -2.28. The number of nitrogens with one attached hydrogen (secondary N) is 3. The summed E-state index contributed by atoms with van der Waals surface area (Å²) in [6.45, 7) is 2.21. The van der Waals surface area contributed by atoms with Crippen molar-refractivity contribution in [1.29, 1.82) is 0 Å². The lowest BCUT2D eigenvalue weighted by molar-refractivity contribution is 0.256. The number of fused-ring (bicyclic) bond motifs is 1. The van der Waals surface area contributed by atoms with Gasteiger partial charge in [0.15, 0.2) is 0 Å². The summed E-state index contributed by atoms with van der Waals surface area (Å²) in [6.07, 6.45) is 4.39. The van der Waals surface area contributed by atoms with Crippen LogP contribution in [-0.2, 0) is 0 Å². The maximum Gasteiger partial charge on any atom is 0.323 e. The van der Waals surface area contributed by atoms with Gasteiger partial charge in [0.1, 0.15) is 5.82 Å². The van der Waals surface area contributed by atoms with Crippen LogP contribution in [0.25, 0.3) is 10.9 Å². The van der Waals surface area contributed by atoms with E-state index < -0.39 is 0 Å². The number of urea groups is 1. The van der Waals surface area contributed by atoms with Gasteiger partial charge >= 0.3 is 6.03 Å². The first-order valence-corrected chi connectivity index (χ1v) is 9.21. The number of likely N-dealkylation sites (tertiary alicyclic amines) is 1. The minimum atomic E-state index is -0.350. The Hall–Kier alpha value is -2.86. The predicted octanol–water partition coefficient (Wildman–Crippen LogP) is 4.76. The quantitative estimate of drug-likeness (QED) is 0.626. The van der Waals surface area contributed by atoms with E-state index in [4.69, 9.17) is 0 Å². The van der Waals surface area contributed by atoms with Crippen LogP contribution in [0.4, 0.5) is 20.6 Å². The molecule has 1 saturated heterocycles. The molecular weight excluding hydrogens is 343 g/mol. The molecule has 4 rings (SSSR count). The lowest BCUT2D eigenvalue weighted by atomic mass is 9.89. The van der Waals surface area contributed by atoms with Crippen LogP contribution in [0.1, 0.15) is 24.3 Å². The summed E-state index contributed by atoms with van der Waals surface area (Å²) < 4.78 is 13.0. The molecule has 0 spiro atoms. The molecule has 27 heavy (non-hydrogen) atoms. The molecule has 5 nitrogen and oxygen atoms in total. The van der Waals surface area contributed by atoms with E-state index >= 15 is 0 Å². The number of halogens is 1. The highest BCUT2D eigenvalue weighted by molar-refractivity contribution is 6.01. The second kappa shape index (κ2) is 7.40. The van der Waals surface area contributed by atoms with Gasteiger partial charge in [0.05, 0.1) is 0 Å². The molecule has 2 heterocycles. The van der Waals surface area contributed by atoms with Crippen molar-refractivity contribution in [2.75, 3.05) is 30.8 Å². The summed E-state index contributed by atoms with van der Waals surface area (Å²) in [6, 6.07) is 11.2. The topological polar surface area (TPSA) is 60.2 Å². The van der Waals surface area contributed by atoms with Gasteiger partial charge in [-0.15, -0.1) is 0 Å². The number of aromatic amines is 1. The number of hydrogen-bond donors (Lipinski definition) is 3. The summed E-state index contributed by atoms with van der Waals surface area (Å²) in [5, 5.41) is 6.73. The van der Waals surface area contributed by atoms with Gasteiger partial charge in [-0.05, 0) is 86.9 Å². The van der Waals surface area contributed by atoms with Crippen LogP contribution in [0.2, 0.25) is 0 Å². The molecule has 0 unspecified atom stereocenters. The molecule has 2 aromatic carbocycles. The van der Waals surface area contributed by atoms with E-state index in [1.54, 1.807) is 0 Å². The SMILES string of the molecule is CN1CCC(c2c[nH]c3ccc(NC(=O)Nc4ccc(F)cc4)cc23)CC1. The zero-order valence-corrected chi connectivity index (χ0v) is 15.3. The molecule has 3 N–H and O–H groups in total. The van der Waals surface area contributed by atoms with Crippen LogP contribution in [0.5, 0.6) is 0 Å². The van der Waals surface area contributed by atoms with E-state index in [0.717, 1.165) is 42.5 Å². The molecule has 0 bridgehead atoms. The molecule has 3 aromatic rings. The number of aromatic nitrogens is 1. The standard InChI is InChI=1S/C21H23FN4O/c1-26-10-8-14(9-11-26)19-13-23-20-7-6-17(12-18(19)20)25-21(27)24-16-4-2-15(22)3-5-16/h2-7,12-14,23H,8-11H2,1H3,(H2,24,25,27). The van der Waals surface area contributed by atoms with Crippen LogP contribution in [0.3, 0.4) is 0 Å². The average Bonchev–Trinajstić information content (AvgIpc) is 3.07. The van der Waals surface area contributed by atoms with Crippen LogP contribution in [-0.4, -0.2) is 36.1 Å². The van der Waals surface area contributed by atoms with Gasteiger partial charge in [-0.2, -0.15) is 0 Å². The number of H-pyrrole nitrogens is 1. The maximum atomic E-state index is 13.0. The Balaban J connectivity index is 1.50. The second-order valence-corrected chi connectivity index (χ2v) is 7.17. The minimum Gasteiger partial charge on any atom is -0.361 e. The van der Waals surface area contributed by atoms with E-state index in [0.29, 0.717) is 11.6 Å². The first-order valence-electron chi connectivity index (χ1n) is 9.21. The highest BCUT2D eigenvalue weighted by atomic mass is 19.1. The predicted molar refractivity (Wildman–Crippen MR) is 107 cm³/mol. The molecule has 0 atom stereocenters. The van der Waals surface area contributed by atoms with E-state index in [-0.39, 0.29) is 11.8 Å². The number of hydrogen-bond acceptors (Lipinski definition) is 2. The molecule has 140 valence electrons. The Kier molecular flexibility index (Phi) is 4.81. The third kappa shape index (κ3) is 3.95. The fourth-order valence-corrected chi connectivity index (χ4v) is 3.70. The molecular formula is C21H23FN4O. The number of rotatable bonds is 3. The number of benzene rings is 2. The fourth-order valence-electron chi connectivity index (χ4n) is 3.70. The first-order chi connectivity index (χ1) is 13.1. The molecule has 6 heteroatoms. The number of nitrogens with zero attached hydrogens (tertiary/aromatic N) is 1. The highest BCUT2D eigenvalue weighted by Gasteiger charge is 2.21. The van der Waals surface area contributed by atoms with Crippen molar-refractivity contribution in [3.8, 4) is 0 Å². The number of amides is 2. The Morgan fingerprint density at radius 3 is 2.48 bits per heavy atom.